The van der Waals surface area contributed by atoms with Gasteiger partial charge in [0.05, 0.1) is 11.3 Å². The molecular weight excluding hydrogens is 272 g/mol. The van der Waals surface area contributed by atoms with E-state index in [-0.39, 0.29) is 11.6 Å². The van der Waals surface area contributed by atoms with Crippen molar-refractivity contribution in [1.29, 1.82) is 0 Å². The number of hydrogen-bond acceptors (Lipinski definition) is 2. The first kappa shape index (κ1) is 13.4. The number of amides is 1. The Morgan fingerprint density at radius 3 is 2.77 bits per heavy atom. The average molecular weight is 292 g/mol. The fourth-order valence-corrected chi connectivity index (χ4v) is 4.06. The second kappa shape index (κ2) is 4.60. The van der Waals surface area contributed by atoms with Crippen LogP contribution in [0, 0.1) is 13.8 Å². The lowest BCUT2D eigenvalue weighted by atomic mass is 9.88. The van der Waals surface area contributed by atoms with E-state index in [2.05, 4.69) is 48.3 Å². The van der Waals surface area contributed by atoms with Crippen LogP contribution in [0.1, 0.15) is 39.9 Å². The fraction of sp³-hybridized carbons (Fsp3) is 0.316. The molecule has 22 heavy (non-hydrogen) atoms. The van der Waals surface area contributed by atoms with Crippen LogP contribution in [0.5, 0.6) is 0 Å². The van der Waals surface area contributed by atoms with Crippen molar-refractivity contribution in [2.24, 2.45) is 0 Å². The zero-order valence-corrected chi connectivity index (χ0v) is 13.0. The molecule has 1 N–H and O–H groups in total. The number of para-hydroxylation sites is 1. The topological polar surface area (TPSA) is 32.3 Å². The molecule has 0 aromatic heterocycles. The average Bonchev–Trinajstić information content (AvgIpc) is 2.92. The molecule has 3 nitrogen and oxygen atoms in total. The van der Waals surface area contributed by atoms with Gasteiger partial charge in [-0.25, -0.2) is 0 Å². The predicted octanol–water partition coefficient (Wildman–Crippen LogP) is 3.50. The van der Waals surface area contributed by atoms with E-state index in [1.165, 1.54) is 16.7 Å². The van der Waals surface area contributed by atoms with Crippen molar-refractivity contribution in [3.63, 3.8) is 0 Å². The standard InChI is InChI=1S/C19H20N2O/c1-13-8-9-16(14(2)12-13)19-10-5-11-21(19)17-7-4-3-6-15(17)18(22)20-19/h3-4,6-9,12H,5,10-11H2,1-2H3,(H,20,22)/t19-/m0/s1. The molecule has 0 radical (unpaired) electrons. The number of nitrogens with zero attached hydrogens (tertiary/aromatic N) is 1. The van der Waals surface area contributed by atoms with E-state index in [9.17, 15) is 4.79 Å². The van der Waals surface area contributed by atoms with Gasteiger partial charge in [0.1, 0.15) is 5.66 Å². The van der Waals surface area contributed by atoms with Gasteiger partial charge in [0.15, 0.2) is 0 Å². The first-order chi connectivity index (χ1) is 10.6. The quantitative estimate of drug-likeness (QED) is 0.872. The zero-order valence-electron chi connectivity index (χ0n) is 13.0. The molecule has 1 saturated heterocycles. The number of benzene rings is 2. The highest BCUT2D eigenvalue weighted by molar-refractivity contribution is 6.02. The number of carbonyl (C=O) groups excluding carboxylic acids is 1. The van der Waals surface area contributed by atoms with Gasteiger partial charge in [-0.05, 0) is 44.4 Å². The highest BCUT2D eigenvalue weighted by atomic mass is 16.2. The minimum absolute atomic E-state index is 0.0359. The Bertz CT molecular complexity index is 768. The second-order valence-corrected chi connectivity index (χ2v) is 6.41. The molecule has 112 valence electrons. The maximum absolute atomic E-state index is 12.6. The molecule has 1 atom stereocenters. The van der Waals surface area contributed by atoms with Crippen molar-refractivity contribution in [2.45, 2.75) is 32.4 Å². The van der Waals surface area contributed by atoms with Crippen molar-refractivity contribution in [2.75, 3.05) is 11.4 Å². The monoisotopic (exact) mass is 292 g/mol. The van der Waals surface area contributed by atoms with Crippen LogP contribution in [0.2, 0.25) is 0 Å². The van der Waals surface area contributed by atoms with Crippen LogP contribution in [-0.2, 0) is 5.66 Å². The SMILES string of the molecule is Cc1ccc([C@]23CCCN2c2ccccc2C(=O)N3)c(C)c1. The van der Waals surface area contributed by atoms with E-state index < -0.39 is 0 Å². The Balaban J connectivity index is 1.93. The van der Waals surface area contributed by atoms with Gasteiger partial charge in [0, 0.05) is 12.1 Å². The number of fused-ring (bicyclic) bond motifs is 3. The summed E-state index contributed by atoms with van der Waals surface area (Å²) >= 11 is 0. The summed E-state index contributed by atoms with van der Waals surface area (Å²) in [5.74, 6) is 0.0359. The van der Waals surface area contributed by atoms with Crippen LogP contribution in [-0.4, -0.2) is 12.5 Å². The predicted molar refractivity (Wildman–Crippen MR) is 88.1 cm³/mol. The summed E-state index contributed by atoms with van der Waals surface area (Å²) in [4.78, 5) is 15.0. The lowest BCUT2D eigenvalue weighted by molar-refractivity contribution is 0.0886. The van der Waals surface area contributed by atoms with Crippen LogP contribution in [0.3, 0.4) is 0 Å². The molecule has 0 spiro atoms. The van der Waals surface area contributed by atoms with Gasteiger partial charge in [-0.2, -0.15) is 0 Å². The molecule has 2 aliphatic rings. The molecule has 0 aliphatic carbocycles. The number of hydrogen-bond donors (Lipinski definition) is 1. The first-order valence-electron chi connectivity index (χ1n) is 7.89. The van der Waals surface area contributed by atoms with Crippen molar-refractivity contribution in [3.8, 4) is 0 Å². The minimum Gasteiger partial charge on any atom is -0.344 e. The Kier molecular flexibility index (Phi) is 2.80. The van der Waals surface area contributed by atoms with Gasteiger partial charge in [0.25, 0.3) is 5.91 Å². The van der Waals surface area contributed by atoms with Crippen LogP contribution in [0.4, 0.5) is 5.69 Å². The lowest BCUT2D eigenvalue weighted by Gasteiger charge is -2.45. The van der Waals surface area contributed by atoms with Crippen molar-refractivity contribution in [1.82, 2.24) is 5.32 Å². The number of carbonyl (C=O) groups is 1. The molecule has 4 rings (SSSR count). The fourth-order valence-electron chi connectivity index (χ4n) is 4.06. The normalized spacial score (nSPS) is 23.0. The molecule has 2 aromatic rings. The van der Waals surface area contributed by atoms with E-state index in [1.54, 1.807) is 0 Å². The second-order valence-electron chi connectivity index (χ2n) is 6.41. The molecule has 2 aromatic carbocycles. The Morgan fingerprint density at radius 1 is 1.14 bits per heavy atom. The lowest BCUT2D eigenvalue weighted by Crippen LogP contribution is -2.58. The van der Waals surface area contributed by atoms with Gasteiger partial charge in [-0.15, -0.1) is 0 Å². The molecule has 1 amide bonds. The largest absolute Gasteiger partial charge is 0.344 e. The summed E-state index contributed by atoms with van der Waals surface area (Å²) in [6.07, 6.45) is 2.04. The van der Waals surface area contributed by atoms with Gasteiger partial charge >= 0.3 is 0 Å². The molecule has 2 aliphatic heterocycles. The third-order valence-electron chi connectivity index (χ3n) is 4.97. The van der Waals surface area contributed by atoms with Crippen molar-refractivity contribution in [3.05, 3.63) is 64.7 Å². The highest BCUT2D eigenvalue weighted by Crippen LogP contribution is 2.45. The van der Waals surface area contributed by atoms with E-state index >= 15 is 0 Å². The molecule has 1 fully saturated rings. The number of aryl methyl sites for hydroxylation is 2. The maximum Gasteiger partial charge on any atom is 0.255 e. The van der Waals surface area contributed by atoms with Crippen LogP contribution < -0.4 is 10.2 Å². The number of nitrogens with one attached hydrogen (secondary N) is 1. The summed E-state index contributed by atoms with van der Waals surface area (Å²) in [6.45, 7) is 5.22. The van der Waals surface area contributed by atoms with E-state index in [1.807, 2.05) is 18.2 Å². The Hall–Kier alpha value is -2.29. The van der Waals surface area contributed by atoms with Gasteiger partial charge in [-0.3, -0.25) is 4.79 Å². The third kappa shape index (κ3) is 1.71. The van der Waals surface area contributed by atoms with Gasteiger partial charge in [-0.1, -0.05) is 35.9 Å². The minimum atomic E-state index is -0.386. The third-order valence-corrected chi connectivity index (χ3v) is 4.97. The van der Waals surface area contributed by atoms with Gasteiger partial charge < -0.3 is 10.2 Å². The van der Waals surface area contributed by atoms with Crippen molar-refractivity contribution >= 4 is 11.6 Å². The summed E-state index contributed by atoms with van der Waals surface area (Å²) in [5, 5.41) is 3.31. The van der Waals surface area contributed by atoms with Crippen LogP contribution in [0.25, 0.3) is 0 Å². The summed E-state index contributed by atoms with van der Waals surface area (Å²) in [5.41, 5.74) is 5.17. The summed E-state index contributed by atoms with van der Waals surface area (Å²) in [7, 11) is 0. The smallest absolute Gasteiger partial charge is 0.255 e. The number of rotatable bonds is 1. The van der Waals surface area contributed by atoms with E-state index in [4.69, 9.17) is 0 Å². The van der Waals surface area contributed by atoms with Crippen molar-refractivity contribution < 1.29 is 4.79 Å². The zero-order chi connectivity index (χ0) is 15.3. The van der Waals surface area contributed by atoms with Crippen LogP contribution in [0.15, 0.2) is 42.5 Å². The molecule has 0 bridgehead atoms. The molecule has 0 saturated carbocycles. The Morgan fingerprint density at radius 2 is 1.95 bits per heavy atom. The van der Waals surface area contributed by atoms with Crippen LogP contribution >= 0.6 is 0 Å². The summed E-state index contributed by atoms with van der Waals surface area (Å²) in [6, 6.07) is 14.4. The highest BCUT2D eigenvalue weighted by Gasteiger charge is 2.48. The van der Waals surface area contributed by atoms with E-state index in [0.717, 1.165) is 30.6 Å². The number of anilines is 1. The maximum atomic E-state index is 12.6. The molecular formula is C19H20N2O. The van der Waals surface area contributed by atoms with Gasteiger partial charge in [0.2, 0.25) is 0 Å². The molecule has 2 heterocycles. The summed E-state index contributed by atoms with van der Waals surface area (Å²) < 4.78 is 0. The molecule has 3 heteroatoms. The molecule has 0 unspecified atom stereocenters. The first-order valence-corrected chi connectivity index (χ1v) is 7.89. The van der Waals surface area contributed by atoms with E-state index in [0.29, 0.717) is 0 Å². The Labute approximate surface area is 131 Å².